The highest BCUT2D eigenvalue weighted by Crippen LogP contribution is 2.39. The molecule has 1 aliphatic heterocycles. The topological polar surface area (TPSA) is 130 Å². The molecule has 9 nitrogen and oxygen atoms in total. The number of hydrogen-bond acceptors (Lipinski definition) is 8. The Hall–Kier alpha value is -2.20. The van der Waals surface area contributed by atoms with Crippen molar-refractivity contribution in [3.05, 3.63) is 24.0 Å². The van der Waals surface area contributed by atoms with E-state index in [1.165, 1.54) is 19.1 Å². The molecular weight excluding hydrogens is 366 g/mol. The number of aromatic nitrogens is 4. The Morgan fingerprint density at radius 2 is 2.22 bits per heavy atom. The van der Waals surface area contributed by atoms with Crippen molar-refractivity contribution >= 4 is 27.4 Å². The highest BCUT2D eigenvalue weighted by Gasteiger charge is 2.43. The SMILES string of the molecule is CS(=O)(=O)C1(CN)CCCN(c2nccc(Nc3cc(C4CC4)[nH]n3)n2)C1. The highest BCUT2D eigenvalue weighted by molar-refractivity contribution is 7.92. The molecule has 1 saturated carbocycles. The molecule has 0 spiro atoms. The minimum Gasteiger partial charge on any atom is -0.339 e. The lowest BCUT2D eigenvalue weighted by molar-refractivity contribution is 0.427. The lowest BCUT2D eigenvalue weighted by Gasteiger charge is -2.40. The third-order valence-electron chi connectivity index (χ3n) is 5.49. The number of piperidine rings is 1. The Morgan fingerprint density at radius 3 is 2.93 bits per heavy atom. The summed E-state index contributed by atoms with van der Waals surface area (Å²) < 4.78 is 23.7. The third-order valence-corrected chi connectivity index (χ3v) is 7.57. The van der Waals surface area contributed by atoms with Gasteiger partial charge in [0, 0.05) is 49.8 Å². The van der Waals surface area contributed by atoms with E-state index >= 15 is 0 Å². The van der Waals surface area contributed by atoms with E-state index in [0.29, 0.717) is 43.0 Å². The van der Waals surface area contributed by atoms with Gasteiger partial charge >= 0.3 is 0 Å². The van der Waals surface area contributed by atoms with Crippen LogP contribution < -0.4 is 16.0 Å². The fraction of sp³-hybridized carbons (Fsp3) is 0.588. The van der Waals surface area contributed by atoms with Gasteiger partial charge in [-0.25, -0.2) is 13.4 Å². The number of sulfone groups is 1. The number of nitrogens with zero attached hydrogens (tertiary/aromatic N) is 4. The van der Waals surface area contributed by atoms with E-state index in [1.807, 2.05) is 11.0 Å². The first-order valence-electron chi connectivity index (χ1n) is 9.20. The maximum absolute atomic E-state index is 12.3. The molecule has 0 bridgehead atoms. The van der Waals surface area contributed by atoms with E-state index in [-0.39, 0.29) is 6.54 Å². The zero-order valence-electron chi connectivity index (χ0n) is 15.4. The molecule has 27 heavy (non-hydrogen) atoms. The van der Waals surface area contributed by atoms with Crippen molar-refractivity contribution in [2.24, 2.45) is 5.73 Å². The van der Waals surface area contributed by atoms with Gasteiger partial charge in [-0.3, -0.25) is 5.10 Å². The Kier molecular flexibility index (Phi) is 4.55. The minimum atomic E-state index is -3.29. The van der Waals surface area contributed by atoms with Crippen molar-refractivity contribution in [1.82, 2.24) is 20.2 Å². The second kappa shape index (κ2) is 6.75. The van der Waals surface area contributed by atoms with Crippen molar-refractivity contribution in [2.45, 2.75) is 36.3 Å². The maximum Gasteiger partial charge on any atom is 0.227 e. The predicted molar refractivity (Wildman–Crippen MR) is 104 cm³/mol. The molecule has 0 radical (unpaired) electrons. The van der Waals surface area contributed by atoms with Gasteiger partial charge in [0.25, 0.3) is 0 Å². The number of nitrogens with two attached hydrogens (primary N) is 1. The second-order valence-electron chi connectivity index (χ2n) is 7.53. The summed E-state index contributed by atoms with van der Waals surface area (Å²) in [4.78, 5) is 10.8. The molecule has 2 aliphatic rings. The molecule has 10 heteroatoms. The summed E-state index contributed by atoms with van der Waals surface area (Å²) >= 11 is 0. The van der Waals surface area contributed by atoms with Crippen LogP contribution in [-0.4, -0.2) is 59.2 Å². The number of rotatable bonds is 6. The number of anilines is 3. The number of aromatic amines is 1. The molecule has 3 heterocycles. The average molecular weight is 392 g/mol. The van der Waals surface area contributed by atoms with Gasteiger partial charge in [-0.2, -0.15) is 10.1 Å². The van der Waals surface area contributed by atoms with Crippen molar-refractivity contribution in [2.75, 3.05) is 36.1 Å². The monoisotopic (exact) mass is 391 g/mol. The Balaban J connectivity index is 1.52. The first-order chi connectivity index (χ1) is 12.9. The van der Waals surface area contributed by atoms with Gasteiger partial charge in [0.05, 0.1) is 0 Å². The van der Waals surface area contributed by atoms with Gasteiger partial charge < -0.3 is 16.0 Å². The fourth-order valence-corrected chi connectivity index (χ4v) is 4.80. The van der Waals surface area contributed by atoms with Gasteiger partial charge in [0.15, 0.2) is 15.7 Å². The third kappa shape index (κ3) is 3.63. The van der Waals surface area contributed by atoms with E-state index in [0.717, 1.165) is 12.1 Å². The van der Waals surface area contributed by atoms with E-state index in [4.69, 9.17) is 5.73 Å². The normalized spacial score (nSPS) is 23.4. The summed E-state index contributed by atoms with van der Waals surface area (Å²) in [5, 5.41) is 10.5. The largest absolute Gasteiger partial charge is 0.339 e. The van der Waals surface area contributed by atoms with Crippen LogP contribution in [0, 0.1) is 0 Å². The molecule has 1 aliphatic carbocycles. The molecule has 4 rings (SSSR count). The smallest absolute Gasteiger partial charge is 0.227 e. The lowest BCUT2D eigenvalue weighted by atomic mass is 9.97. The Labute approximate surface area is 158 Å². The van der Waals surface area contributed by atoms with Crippen LogP contribution in [0.1, 0.15) is 37.3 Å². The Morgan fingerprint density at radius 1 is 1.41 bits per heavy atom. The summed E-state index contributed by atoms with van der Waals surface area (Å²) in [5.41, 5.74) is 7.00. The van der Waals surface area contributed by atoms with E-state index in [1.54, 1.807) is 12.3 Å². The van der Waals surface area contributed by atoms with Crippen molar-refractivity contribution in [3.8, 4) is 0 Å². The molecule has 146 valence electrons. The van der Waals surface area contributed by atoms with Crippen LogP contribution >= 0.6 is 0 Å². The molecule has 4 N–H and O–H groups in total. The van der Waals surface area contributed by atoms with Crippen LogP contribution in [0.4, 0.5) is 17.6 Å². The molecule has 2 fully saturated rings. The highest BCUT2D eigenvalue weighted by atomic mass is 32.2. The minimum absolute atomic E-state index is 0.0947. The average Bonchev–Trinajstić information content (AvgIpc) is 3.41. The molecule has 2 aromatic rings. The quantitative estimate of drug-likeness (QED) is 0.669. The standard InChI is InChI=1S/C17H25N7O2S/c1-27(25,26)17(10-18)6-2-8-24(11-17)16-19-7-5-14(21-16)20-15-9-13(22-23-15)12-3-4-12/h5,7,9,12H,2-4,6,8,10-11,18H2,1H3,(H2,19,20,21,22,23). The maximum atomic E-state index is 12.3. The summed E-state index contributed by atoms with van der Waals surface area (Å²) in [5.74, 6) is 2.44. The van der Waals surface area contributed by atoms with Crippen LogP contribution in [0.5, 0.6) is 0 Å². The summed E-state index contributed by atoms with van der Waals surface area (Å²) in [7, 11) is -3.29. The molecule has 1 atom stereocenters. The molecule has 2 aromatic heterocycles. The van der Waals surface area contributed by atoms with Gasteiger partial charge in [0.2, 0.25) is 5.95 Å². The Bertz CT molecular complexity index is 925. The predicted octanol–water partition coefficient (Wildman–Crippen LogP) is 1.16. The number of hydrogen-bond donors (Lipinski definition) is 3. The first kappa shape index (κ1) is 18.2. The molecule has 1 saturated heterocycles. The van der Waals surface area contributed by atoms with Crippen LogP contribution in [0.15, 0.2) is 18.3 Å². The van der Waals surface area contributed by atoms with Crippen LogP contribution in [-0.2, 0) is 9.84 Å². The van der Waals surface area contributed by atoms with Crippen molar-refractivity contribution in [3.63, 3.8) is 0 Å². The van der Waals surface area contributed by atoms with E-state index < -0.39 is 14.6 Å². The van der Waals surface area contributed by atoms with Gasteiger partial charge in [-0.05, 0) is 31.7 Å². The fourth-order valence-electron chi connectivity index (χ4n) is 3.60. The van der Waals surface area contributed by atoms with Crippen LogP contribution in [0.25, 0.3) is 0 Å². The second-order valence-corrected chi connectivity index (χ2v) is 9.94. The van der Waals surface area contributed by atoms with E-state index in [9.17, 15) is 8.42 Å². The van der Waals surface area contributed by atoms with Gasteiger partial charge in [-0.1, -0.05) is 0 Å². The van der Waals surface area contributed by atoms with Crippen molar-refractivity contribution in [1.29, 1.82) is 0 Å². The van der Waals surface area contributed by atoms with Crippen LogP contribution in [0.3, 0.4) is 0 Å². The molecular formula is C17H25N7O2S. The van der Waals surface area contributed by atoms with Gasteiger partial charge in [-0.15, -0.1) is 0 Å². The van der Waals surface area contributed by atoms with Crippen molar-refractivity contribution < 1.29 is 8.42 Å². The van der Waals surface area contributed by atoms with Gasteiger partial charge in [0.1, 0.15) is 10.6 Å². The molecule has 0 amide bonds. The lowest BCUT2D eigenvalue weighted by Crippen LogP contribution is -2.57. The number of H-pyrrole nitrogens is 1. The first-order valence-corrected chi connectivity index (χ1v) is 11.1. The summed E-state index contributed by atoms with van der Waals surface area (Å²) in [6, 6.07) is 3.77. The number of nitrogens with one attached hydrogen (secondary N) is 2. The van der Waals surface area contributed by atoms with Crippen LogP contribution in [0.2, 0.25) is 0 Å². The summed E-state index contributed by atoms with van der Waals surface area (Å²) in [6.45, 7) is 1.10. The zero-order chi connectivity index (χ0) is 19.1. The summed E-state index contributed by atoms with van der Waals surface area (Å²) in [6.07, 6.45) is 6.63. The molecule has 0 aromatic carbocycles. The zero-order valence-corrected chi connectivity index (χ0v) is 16.2. The molecule has 1 unspecified atom stereocenters. The van der Waals surface area contributed by atoms with E-state index in [2.05, 4.69) is 25.5 Å².